The molecule has 2 heterocycles. The van der Waals surface area contributed by atoms with Crippen LogP contribution in [0.4, 0.5) is 0 Å². The van der Waals surface area contributed by atoms with Crippen molar-refractivity contribution in [2.45, 2.75) is 13.5 Å². The van der Waals surface area contributed by atoms with E-state index in [2.05, 4.69) is 37.8 Å². The van der Waals surface area contributed by atoms with Crippen LogP contribution in [0.2, 0.25) is 0 Å². The first-order valence-corrected chi connectivity index (χ1v) is 8.64. The summed E-state index contributed by atoms with van der Waals surface area (Å²) in [4.78, 5) is 12.1. The number of ether oxygens (including phenoxy) is 2. The van der Waals surface area contributed by atoms with E-state index in [1.54, 1.807) is 18.5 Å². The van der Waals surface area contributed by atoms with Gasteiger partial charge in [-0.2, -0.15) is 5.10 Å². The Labute approximate surface area is 158 Å². The molecule has 0 amide bonds. The number of hydrogen-bond donors (Lipinski definition) is 0. The lowest BCUT2D eigenvalue weighted by Crippen LogP contribution is -2.14. The lowest BCUT2D eigenvalue weighted by atomic mass is 10.1. The number of rotatable bonds is 6. The maximum atomic E-state index is 12.1. The third-order valence-electron chi connectivity index (χ3n) is 3.78. The van der Waals surface area contributed by atoms with Gasteiger partial charge in [-0.3, -0.25) is 0 Å². The molecule has 0 aliphatic carbocycles. The van der Waals surface area contributed by atoms with Crippen LogP contribution in [0.1, 0.15) is 21.9 Å². The molecule has 0 spiro atoms. The molecule has 0 unspecified atom stereocenters. The molecule has 0 saturated carbocycles. The first kappa shape index (κ1) is 18.2. The largest absolute Gasteiger partial charge is 0.457 e. The number of hydrogen-bond acceptors (Lipinski definition) is 6. The van der Waals surface area contributed by atoms with Crippen LogP contribution in [0.15, 0.2) is 41.4 Å². The molecular formula is C18H17BrN4O3. The maximum absolute atomic E-state index is 12.1. The highest BCUT2D eigenvalue weighted by Gasteiger charge is 2.22. The quantitative estimate of drug-likeness (QED) is 0.452. The van der Waals surface area contributed by atoms with E-state index in [0.717, 1.165) is 15.6 Å². The second-order valence-corrected chi connectivity index (χ2v) is 6.43. The average Bonchev–Trinajstić information content (AvgIpc) is 3.00. The predicted octanol–water partition coefficient (Wildman–Crippen LogP) is 3.35. The summed E-state index contributed by atoms with van der Waals surface area (Å²) < 4.78 is 12.9. The molecule has 0 saturated heterocycles. The number of carbonyl (C=O) groups excluding carboxylic acids is 1. The molecule has 0 aliphatic heterocycles. The van der Waals surface area contributed by atoms with Crippen LogP contribution < -0.4 is 0 Å². The first-order chi connectivity index (χ1) is 12.6. The van der Waals surface area contributed by atoms with E-state index in [4.69, 9.17) is 9.47 Å². The molecule has 8 heteroatoms. The van der Waals surface area contributed by atoms with E-state index in [9.17, 15) is 4.79 Å². The monoisotopic (exact) mass is 416 g/mol. The summed E-state index contributed by atoms with van der Waals surface area (Å²) in [6.45, 7) is 5.69. The number of aryl methyl sites for hydroxylation is 1. The van der Waals surface area contributed by atoms with Crippen LogP contribution in [0.3, 0.4) is 0 Å². The zero-order valence-corrected chi connectivity index (χ0v) is 16.0. The molecule has 1 aromatic carbocycles. The number of halogens is 1. The van der Waals surface area contributed by atoms with E-state index >= 15 is 0 Å². The number of esters is 1. The van der Waals surface area contributed by atoms with Crippen molar-refractivity contribution >= 4 is 27.5 Å². The molecular weight excluding hydrogens is 400 g/mol. The molecule has 3 aromatic rings. The summed E-state index contributed by atoms with van der Waals surface area (Å²) in [6, 6.07) is 7.81. The molecule has 26 heavy (non-hydrogen) atoms. The summed E-state index contributed by atoms with van der Waals surface area (Å²) in [6.07, 6.45) is 1.50. The van der Waals surface area contributed by atoms with Crippen molar-refractivity contribution in [2.75, 3.05) is 13.7 Å². The van der Waals surface area contributed by atoms with Gasteiger partial charge in [-0.15, -0.1) is 10.2 Å². The van der Waals surface area contributed by atoms with Gasteiger partial charge in [-0.25, -0.2) is 9.31 Å². The van der Waals surface area contributed by atoms with Gasteiger partial charge in [0.25, 0.3) is 0 Å². The second-order valence-electron chi connectivity index (χ2n) is 5.52. The first-order valence-electron chi connectivity index (χ1n) is 7.84. The highest BCUT2D eigenvalue weighted by Crippen LogP contribution is 2.29. The van der Waals surface area contributed by atoms with Crippen LogP contribution in [-0.4, -0.2) is 39.5 Å². The molecule has 0 N–H and O–H groups in total. The lowest BCUT2D eigenvalue weighted by Gasteiger charge is -2.06. The molecule has 0 atom stereocenters. The summed E-state index contributed by atoms with van der Waals surface area (Å²) in [5.74, 6) is -0.564. The Kier molecular flexibility index (Phi) is 5.43. The summed E-state index contributed by atoms with van der Waals surface area (Å²) in [7, 11) is 1.60. The molecule has 0 radical (unpaired) electrons. The van der Waals surface area contributed by atoms with Crippen LogP contribution >= 0.6 is 15.9 Å². The Morgan fingerprint density at radius 3 is 2.69 bits per heavy atom. The topological polar surface area (TPSA) is 78.6 Å². The van der Waals surface area contributed by atoms with Crippen molar-refractivity contribution in [1.29, 1.82) is 0 Å². The van der Waals surface area contributed by atoms with Gasteiger partial charge in [0, 0.05) is 11.6 Å². The fraction of sp³-hybridized carbons (Fsp3) is 0.222. The van der Waals surface area contributed by atoms with Gasteiger partial charge < -0.3 is 9.47 Å². The van der Waals surface area contributed by atoms with Gasteiger partial charge >= 0.3 is 5.97 Å². The van der Waals surface area contributed by atoms with Crippen molar-refractivity contribution in [2.24, 2.45) is 0 Å². The molecule has 2 aromatic heterocycles. The van der Waals surface area contributed by atoms with E-state index in [1.165, 1.54) is 6.08 Å². The van der Waals surface area contributed by atoms with E-state index in [-0.39, 0.29) is 12.3 Å². The summed E-state index contributed by atoms with van der Waals surface area (Å²) in [5.41, 5.74) is 3.69. The van der Waals surface area contributed by atoms with Gasteiger partial charge in [0.1, 0.15) is 6.61 Å². The van der Waals surface area contributed by atoms with Crippen molar-refractivity contribution in [3.8, 4) is 11.1 Å². The Hall–Kier alpha value is -2.58. The normalized spacial score (nSPS) is 10.9. The van der Waals surface area contributed by atoms with Crippen LogP contribution in [0.25, 0.3) is 16.8 Å². The number of methoxy groups -OCH3 is 1. The second kappa shape index (κ2) is 7.76. The zero-order valence-electron chi connectivity index (χ0n) is 14.4. The van der Waals surface area contributed by atoms with Crippen molar-refractivity contribution < 1.29 is 14.3 Å². The fourth-order valence-corrected chi connectivity index (χ4v) is 2.86. The molecule has 3 rings (SSSR count). The Morgan fingerprint density at radius 2 is 2.04 bits per heavy atom. The maximum Gasteiger partial charge on any atom is 0.361 e. The minimum absolute atomic E-state index is 0.107. The number of aromatic nitrogens is 4. The van der Waals surface area contributed by atoms with Gasteiger partial charge in [-0.05, 0) is 24.6 Å². The van der Waals surface area contributed by atoms with E-state index in [0.29, 0.717) is 23.6 Å². The fourth-order valence-electron chi connectivity index (χ4n) is 2.59. The molecule has 0 aliphatic rings. The molecule has 0 bridgehead atoms. The summed E-state index contributed by atoms with van der Waals surface area (Å²) in [5, 5.41) is 12.9. The third kappa shape index (κ3) is 3.38. The SMILES string of the molecule is C=CCOC(=O)c1nnc2c(-c3ccc(Br)cc3)c(COC)nn2c1C. The highest BCUT2D eigenvalue weighted by molar-refractivity contribution is 9.10. The van der Waals surface area contributed by atoms with Crippen molar-refractivity contribution in [3.05, 3.63) is 58.5 Å². The molecule has 0 fully saturated rings. The van der Waals surface area contributed by atoms with Crippen molar-refractivity contribution in [3.63, 3.8) is 0 Å². The summed E-state index contributed by atoms with van der Waals surface area (Å²) >= 11 is 3.43. The average molecular weight is 417 g/mol. The van der Waals surface area contributed by atoms with Crippen LogP contribution in [-0.2, 0) is 16.1 Å². The number of fused-ring (bicyclic) bond motifs is 1. The van der Waals surface area contributed by atoms with Crippen LogP contribution in [0, 0.1) is 6.92 Å². The predicted molar refractivity (Wildman–Crippen MR) is 99.8 cm³/mol. The van der Waals surface area contributed by atoms with E-state index in [1.807, 2.05) is 24.3 Å². The Morgan fingerprint density at radius 1 is 1.31 bits per heavy atom. The lowest BCUT2D eigenvalue weighted by molar-refractivity contribution is 0.0539. The standard InChI is InChI=1S/C18H17BrN4O3/c1-4-9-26-18(24)16-11(2)23-17(21-20-16)15(14(22-23)10-25-3)12-5-7-13(19)8-6-12/h4-8H,1,9-10H2,2-3H3. The Balaban J connectivity index is 2.17. The van der Waals surface area contributed by atoms with Crippen LogP contribution in [0.5, 0.6) is 0 Å². The Bertz CT molecular complexity index is 967. The van der Waals surface area contributed by atoms with Gasteiger partial charge in [0.05, 0.1) is 23.6 Å². The van der Waals surface area contributed by atoms with Crippen molar-refractivity contribution in [1.82, 2.24) is 19.8 Å². The zero-order chi connectivity index (χ0) is 18.7. The van der Waals surface area contributed by atoms with Gasteiger partial charge in [0.15, 0.2) is 11.3 Å². The minimum Gasteiger partial charge on any atom is -0.457 e. The smallest absolute Gasteiger partial charge is 0.361 e. The third-order valence-corrected chi connectivity index (χ3v) is 4.31. The molecule has 7 nitrogen and oxygen atoms in total. The minimum atomic E-state index is -0.564. The van der Waals surface area contributed by atoms with Gasteiger partial charge in [0.2, 0.25) is 0 Å². The van der Waals surface area contributed by atoms with Gasteiger partial charge in [-0.1, -0.05) is 40.7 Å². The van der Waals surface area contributed by atoms with E-state index < -0.39 is 5.97 Å². The number of nitrogens with zero attached hydrogens (tertiary/aromatic N) is 4. The number of benzene rings is 1. The molecule has 134 valence electrons. The highest BCUT2D eigenvalue weighted by atomic mass is 79.9. The number of carbonyl (C=O) groups is 1.